The predicted octanol–water partition coefficient (Wildman–Crippen LogP) is 3.79. The highest BCUT2D eigenvalue weighted by molar-refractivity contribution is 6.06. The van der Waals surface area contributed by atoms with E-state index in [0.717, 1.165) is 22.5 Å². The maximum atomic E-state index is 12.9. The van der Waals surface area contributed by atoms with Gasteiger partial charge in [0, 0.05) is 11.8 Å². The largest absolute Gasteiger partial charge is 0.466 e. The number of carbonyl (C=O) groups excluding carboxylic acids is 2. The quantitative estimate of drug-likeness (QED) is 0.834. The molecule has 0 aromatic heterocycles. The first-order valence-electron chi connectivity index (χ1n) is 8.66. The summed E-state index contributed by atoms with van der Waals surface area (Å²) >= 11 is 0. The molecule has 1 aliphatic heterocycles. The van der Waals surface area contributed by atoms with Crippen molar-refractivity contribution in [2.75, 3.05) is 16.8 Å². The van der Waals surface area contributed by atoms with Crippen molar-refractivity contribution >= 4 is 23.3 Å². The first-order chi connectivity index (χ1) is 12.6. The number of carbonyl (C=O) groups is 2. The molecule has 3 rings (SSSR count). The standard InChI is InChI=1S/C21H22N2O3/c1-3-26-21(25)13-17-12-20(24)23(14-16-8-6-7-15(2)11-16)19-10-5-4-9-18(19)22-17/h4-12,22H,3,13-14H2,1-2H3. The van der Waals surface area contributed by atoms with E-state index in [9.17, 15) is 9.59 Å². The topological polar surface area (TPSA) is 58.6 Å². The Morgan fingerprint density at radius 1 is 1.15 bits per heavy atom. The average Bonchev–Trinajstić information content (AvgIpc) is 2.72. The molecule has 0 saturated heterocycles. The van der Waals surface area contributed by atoms with Crippen LogP contribution in [0.2, 0.25) is 0 Å². The van der Waals surface area contributed by atoms with Gasteiger partial charge >= 0.3 is 5.97 Å². The number of para-hydroxylation sites is 2. The number of nitrogens with zero attached hydrogens (tertiary/aromatic N) is 1. The van der Waals surface area contributed by atoms with Crippen LogP contribution in [0.5, 0.6) is 0 Å². The molecule has 0 spiro atoms. The molecule has 2 aromatic carbocycles. The van der Waals surface area contributed by atoms with Gasteiger partial charge in [0.05, 0.1) is 30.9 Å². The fraction of sp³-hybridized carbons (Fsp3) is 0.238. The predicted molar refractivity (Wildman–Crippen MR) is 102 cm³/mol. The lowest BCUT2D eigenvalue weighted by molar-refractivity contribution is -0.142. The van der Waals surface area contributed by atoms with Gasteiger partial charge < -0.3 is 15.0 Å². The van der Waals surface area contributed by atoms with Crippen LogP contribution >= 0.6 is 0 Å². The third-order valence-corrected chi connectivity index (χ3v) is 4.12. The lowest BCUT2D eigenvalue weighted by Gasteiger charge is -2.22. The van der Waals surface area contributed by atoms with Gasteiger partial charge in [0.1, 0.15) is 0 Å². The van der Waals surface area contributed by atoms with Gasteiger partial charge in [0.25, 0.3) is 5.91 Å². The second-order valence-corrected chi connectivity index (χ2v) is 6.21. The molecular weight excluding hydrogens is 328 g/mol. The Morgan fingerprint density at radius 2 is 1.96 bits per heavy atom. The molecule has 5 heteroatoms. The highest BCUT2D eigenvalue weighted by Gasteiger charge is 2.23. The number of aryl methyl sites for hydroxylation is 1. The minimum atomic E-state index is -0.358. The van der Waals surface area contributed by atoms with Crippen LogP contribution in [0, 0.1) is 6.92 Å². The fourth-order valence-electron chi connectivity index (χ4n) is 2.99. The van der Waals surface area contributed by atoms with E-state index in [4.69, 9.17) is 4.74 Å². The highest BCUT2D eigenvalue weighted by Crippen LogP contribution is 2.31. The van der Waals surface area contributed by atoms with E-state index in [0.29, 0.717) is 18.8 Å². The summed E-state index contributed by atoms with van der Waals surface area (Å²) in [6.45, 7) is 4.57. The number of amides is 1. The minimum Gasteiger partial charge on any atom is -0.466 e. The van der Waals surface area contributed by atoms with E-state index in [1.165, 1.54) is 6.08 Å². The van der Waals surface area contributed by atoms with Gasteiger partial charge in [-0.15, -0.1) is 0 Å². The Balaban J connectivity index is 1.92. The second-order valence-electron chi connectivity index (χ2n) is 6.21. The van der Waals surface area contributed by atoms with Crippen LogP contribution in [0.1, 0.15) is 24.5 Å². The molecule has 134 valence electrons. The van der Waals surface area contributed by atoms with E-state index >= 15 is 0 Å². The number of hydrogen-bond donors (Lipinski definition) is 1. The minimum absolute atomic E-state index is 0.0339. The van der Waals surface area contributed by atoms with E-state index in [2.05, 4.69) is 11.4 Å². The number of hydrogen-bond acceptors (Lipinski definition) is 4. The number of rotatable bonds is 5. The normalized spacial score (nSPS) is 13.4. The Hall–Kier alpha value is -3.08. The van der Waals surface area contributed by atoms with Crippen LogP contribution in [0.15, 0.2) is 60.3 Å². The number of ether oxygens (including phenoxy) is 1. The van der Waals surface area contributed by atoms with Gasteiger partial charge in [0.15, 0.2) is 0 Å². The average molecular weight is 350 g/mol. The van der Waals surface area contributed by atoms with Crippen LogP contribution < -0.4 is 10.2 Å². The SMILES string of the molecule is CCOC(=O)CC1=CC(=O)N(Cc2cccc(C)c2)c2ccccc2N1. The summed E-state index contributed by atoms with van der Waals surface area (Å²) in [5, 5.41) is 3.20. The lowest BCUT2D eigenvalue weighted by Crippen LogP contribution is -2.28. The van der Waals surface area contributed by atoms with Gasteiger partial charge in [-0.3, -0.25) is 9.59 Å². The second kappa shape index (κ2) is 7.87. The number of benzene rings is 2. The van der Waals surface area contributed by atoms with Crippen molar-refractivity contribution in [1.29, 1.82) is 0 Å². The maximum Gasteiger partial charge on any atom is 0.311 e. The smallest absolute Gasteiger partial charge is 0.311 e. The zero-order chi connectivity index (χ0) is 18.5. The maximum absolute atomic E-state index is 12.9. The summed E-state index contributed by atoms with van der Waals surface area (Å²) in [4.78, 5) is 26.4. The molecule has 1 N–H and O–H groups in total. The summed E-state index contributed by atoms with van der Waals surface area (Å²) in [6.07, 6.45) is 1.51. The molecule has 0 radical (unpaired) electrons. The van der Waals surface area contributed by atoms with Crippen LogP contribution in [-0.4, -0.2) is 18.5 Å². The molecule has 2 aromatic rings. The third-order valence-electron chi connectivity index (χ3n) is 4.12. The lowest BCUT2D eigenvalue weighted by atomic mass is 10.1. The van der Waals surface area contributed by atoms with Crippen molar-refractivity contribution in [3.63, 3.8) is 0 Å². The zero-order valence-corrected chi connectivity index (χ0v) is 15.0. The first kappa shape index (κ1) is 17.7. The van der Waals surface area contributed by atoms with Crippen LogP contribution in [0.25, 0.3) is 0 Å². The van der Waals surface area contributed by atoms with Crippen LogP contribution in [-0.2, 0) is 20.9 Å². The van der Waals surface area contributed by atoms with Crippen molar-refractivity contribution in [2.24, 2.45) is 0 Å². The number of fused-ring (bicyclic) bond motifs is 1. The van der Waals surface area contributed by atoms with E-state index in [1.807, 2.05) is 49.4 Å². The van der Waals surface area contributed by atoms with Crippen molar-refractivity contribution in [3.8, 4) is 0 Å². The van der Waals surface area contributed by atoms with Gasteiger partial charge in [-0.2, -0.15) is 0 Å². The van der Waals surface area contributed by atoms with E-state index in [-0.39, 0.29) is 18.3 Å². The number of esters is 1. The summed E-state index contributed by atoms with van der Waals surface area (Å²) in [7, 11) is 0. The zero-order valence-electron chi connectivity index (χ0n) is 15.0. The molecule has 0 saturated carbocycles. The van der Waals surface area contributed by atoms with Crippen molar-refractivity contribution < 1.29 is 14.3 Å². The van der Waals surface area contributed by atoms with Gasteiger partial charge in [-0.25, -0.2) is 0 Å². The molecule has 0 bridgehead atoms. The van der Waals surface area contributed by atoms with Crippen LogP contribution in [0.4, 0.5) is 11.4 Å². The van der Waals surface area contributed by atoms with Crippen molar-refractivity contribution in [3.05, 3.63) is 71.4 Å². The first-order valence-corrected chi connectivity index (χ1v) is 8.66. The van der Waals surface area contributed by atoms with Gasteiger partial charge in [-0.1, -0.05) is 42.0 Å². The van der Waals surface area contributed by atoms with E-state index < -0.39 is 0 Å². The highest BCUT2D eigenvalue weighted by atomic mass is 16.5. The molecule has 0 unspecified atom stereocenters. The molecule has 0 aliphatic carbocycles. The molecule has 0 atom stereocenters. The number of anilines is 2. The molecule has 1 aliphatic rings. The van der Waals surface area contributed by atoms with Crippen molar-refractivity contribution in [1.82, 2.24) is 0 Å². The summed E-state index contributed by atoms with van der Waals surface area (Å²) < 4.78 is 5.00. The monoisotopic (exact) mass is 350 g/mol. The fourth-order valence-corrected chi connectivity index (χ4v) is 2.99. The molecule has 26 heavy (non-hydrogen) atoms. The van der Waals surface area contributed by atoms with Crippen molar-refractivity contribution in [2.45, 2.75) is 26.8 Å². The van der Waals surface area contributed by atoms with Gasteiger partial charge in [-0.05, 0) is 31.5 Å². The summed E-state index contributed by atoms with van der Waals surface area (Å²) in [6, 6.07) is 15.7. The molecule has 5 nitrogen and oxygen atoms in total. The molecule has 1 heterocycles. The van der Waals surface area contributed by atoms with Gasteiger partial charge in [0.2, 0.25) is 0 Å². The summed E-state index contributed by atoms with van der Waals surface area (Å²) in [5.74, 6) is -0.521. The number of nitrogens with one attached hydrogen (secondary N) is 1. The Bertz CT molecular complexity index is 858. The molecular formula is C21H22N2O3. The summed E-state index contributed by atoms with van der Waals surface area (Å²) in [5.41, 5.74) is 4.31. The Labute approximate surface area is 153 Å². The Kier molecular flexibility index (Phi) is 5.37. The third kappa shape index (κ3) is 4.11. The van der Waals surface area contributed by atoms with E-state index in [1.54, 1.807) is 11.8 Å². The Morgan fingerprint density at radius 3 is 2.73 bits per heavy atom. The van der Waals surface area contributed by atoms with Crippen LogP contribution in [0.3, 0.4) is 0 Å². The molecule has 1 amide bonds. The molecule has 0 fully saturated rings.